The molecule has 1 heterocycles. The molecule has 1 aliphatic rings. The summed E-state index contributed by atoms with van der Waals surface area (Å²) < 4.78 is 11.4. The van der Waals surface area contributed by atoms with E-state index in [0.29, 0.717) is 0 Å². The number of esters is 1. The van der Waals surface area contributed by atoms with Crippen LogP contribution in [0.15, 0.2) is 30.3 Å². The molecule has 1 aromatic carbocycles. The van der Waals surface area contributed by atoms with Gasteiger partial charge in [-0.25, -0.2) is 0 Å². The molecule has 3 heteroatoms. The van der Waals surface area contributed by atoms with E-state index < -0.39 is 5.60 Å². The average Bonchev–Trinajstić information content (AvgIpc) is 2.78. The lowest BCUT2D eigenvalue weighted by atomic mass is 9.98. The molecule has 2 rings (SSSR count). The minimum absolute atomic E-state index is 0.0355. The Labute approximate surface area is 108 Å². The van der Waals surface area contributed by atoms with E-state index in [2.05, 4.69) is 12.1 Å². The molecule has 0 N–H and O–H groups in total. The molecule has 1 fully saturated rings. The Morgan fingerprint density at radius 2 is 1.94 bits per heavy atom. The summed E-state index contributed by atoms with van der Waals surface area (Å²) in [6, 6.07) is 10.2. The first-order valence-corrected chi connectivity index (χ1v) is 6.39. The standard InChI is InChI=1S/C15H20O3/c1-11(16)18-15(2,3)14-10-9-13(17-14)12-7-5-4-6-8-12/h4-8,13-14H,9-10H2,1-3H3/t13-,14-/m1/s1. The van der Waals surface area contributed by atoms with Gasteiger partial charge in [0.25, 0.3) is 0 Å². The fraction of sp³-hybridized carbons (Fsp3) is 0.533. The predicted molar refractivity (Wildman–Crippen MR) is 69.1 cm³/mol. The Morgan fingerprint density at radius 1 is 1.28 bits per heavy atom. The van der Waals surface area contributed by atoms with Crippen molar-refractivity contribution in [2.75, 3.05) is 0 Å². The van der Waals surface area contributed by atoms with E-state index in [1.54, 1.807) is 0 Å². The van der Waals surface area contributed by atoms with Gasteiger partial charge in [0, 0.05) is 6.92 Å². The Bertz CT molecular complexity index is 411. The van der Waals surface area contributed by atoms with Crippen LogP contribution < -0.4 is 0 Å². The van der Waals surface area contributed by atoms with Gasteiger partial charge in [-0.05, 0) is 32.3 Å². The Hall–Kier alpha value is -1.35. The van der Waals surface area contributed by atoms with Crippen molar-refractivity contribution in [3.63, 3.8) is 0 Å². The molecule has 98 valence electrons. The van der Waals surface area contributed by atoms with Crippen molar-refractivity contribution >= 4 is 5.97 Å². The number of hydrogen-bond acceptors (Lipinski definition) is 3. The lowest BCUT2D eigenvalue weighted by Crippen LogP contribution is -2.40. The molecule has 0 radical (unpaired) electrons. The van der Waals surface area contributed by atoms with Gasteiger partial charge in [0.2, 0.25) is 0 Å². The molecule has 2 atom stereocenters. The monoisotopic (exact) mass is 248 g/mol. The fourth-order valence-corrected chi connectivity index (χ4v) is 2.50. The predicted octanol–water partition coefficient (Wildman–Crippen LogP) is 3.25. The molecule has 0 bridgehead atoms. The van der Waals surface area contributed by atoms with Crippen molar-refractivity contribution in [3.05, 3.63) is 35.9 Å². The van der Waals surface area contributed by atoms with E-state index in [9.17, 15) is 4.79 Å². The minimum atomic E-state index is -0.560. The van der Waals surface area contributed by atoms with Crippen LogP contribution in [0.2, 0.25) is 0 Å². The highest BCUT2D eigenvalue weighted by atomic mass is 16.6. The summed E-state index contributed by atoms with van der Waals surface area (Å²) in [5, 5.41) is 0. The third kappa shape index (κ3) is 2.91. The van der Waals surface area contributed by atoms with Crippen molar-refractivity contribution in [1.29, 1.82) is 0 Å². The highest BCUT2D eigenvalue weighted by Gasteiger charge is 2.39. The molecule has 0 unspecified atom stereocenters. The second-order valence-corrected chi connectivity index (χ2v) is 5.30. The van der Waals surface area contributed by atoms with Crippen LogP contribution in [0.5, 0.6) is 0 Å². The van der Waals surface area contributed by atoms with Crippen LogP contribution in [0.3, 0.4) is 0 Å². The van der Waals surface area contributed by atoms with Crippen molar-refractivity contribution in [2.24, 2.45) is 0 Å². The molecule has 1 aromatic rings. The van der Waals surface area contributed by atoms with Gasteiger partial charge in [0.1, 0.15) is 5.60 Å². The zero-order valence-electron chi connectivity index (χ0n) is 11.2. The van der Waals surface area contributed by atoms with Crippen molar-refractivity contribution in [1.82, 2.24) is 0 Å². The fourth-order valence-electron chi connectivity index (χ4n) is 2.50. The first-order chi connectivity index (χ1) is 8.49. The first-order valence-electron chi connectivity index (χ1n) is 6.39. The van der Waals surface area contributed by atoms with Crippen LogP contribution in [0, 0.1) is 0 Å². The third-order valence-corrected chi connectivity index (χ3v) is 3.37. The van der Waals surface area contributed by atoms with Crippen LogP contribution in [0.4, 0.5) is 0 Å². The molecule has 1 saturated heterocycles. The molecule has 0 amide bonds. The maximum absolute atomic E-state index is 11.1. The molecule has 18 heavy (non-hydrogen) atoms. The van der Waals surface area contributed by atoms with Crippen LogP contribution >= 0.6 is 0 Å². The quantitative estimate of drug-likeness (QED) is 0.770. The largest absolute Gasteiger partial charge is 0.457 e. The summed E-state index contributed by atoms with van der Waals surface area (Å²) in [7, 11) is 0. The second kappa shape index (κ2) is 5.11. The van der Waals surface area contributed by atoms with Crippen molar-refractivity contribution in [2.45, 2.75) is 51.4 Å². The molecule has 3 nitrogen and oxygen atoms in total. The SMILES string of the molecule is CC(=O)OC(C)(C)[C@H]1CC[C@H](c2ccccc2)O1. The number of hydrogen-bond donors (Lipinski definition) is 0. The molecule has 0 aromatic heterocycles. The maximum atomic E-state index is 11.1. The van der Waals surface area contributed by atoms with Crippen LogP contribution in [-0.2, 0) is 14.3 Å². The topological polar surface area (TPSA) is 35.5 Å². The van der Waals surface area contributed by atoms with Gasteiger partial charge in [-0.2, -0.15) is 0 Å². The molecular formula is C15H20O3. The maximum Gasteiger partial charge on any atom is 0.303 e. The van der Waals surface area contributed by atoms with Gasteiger partial charge in [-0.1, -0.05) is 30.3 Å². The van der Waals surface area contributed by atoms with Crippen LogP contribution in [0.1, 0.15) is 45.3 Å². The van der Waals surface area contributed by atoms with Crippen LogP contribution in [0.25, 0.3) is 0 Å². The Morgan fingerprint density at radius 3 is 2.56 bits per heavy atom. The molecule has 0 saturated carbocycles. The first kappa shape index (κ1) is 13.1. The lowest BCUT2D eigenvalue weighted by Gasteiger charge is -2.30. The zero-order chi connectivity index (χ0) is 13.2. The summed E-state index contributed by atoms with van der Waals surface area (Å²) in [4.78, 5) is 11.1. The summed E-state index contributed by atoms with van der Waals surface area (Å²) in [6.45, 7) is 5.25. The molecule has 1 aliphatic heterocycles. The number of carbonyl (C=O) groups is 1. The summed E-state index contributed by atoms with van der Waals surface area (Å²) in [5.74, 6) is -0.258. The van der Waals surface area contributed by atoms with Gasteiger partial charge in [0.15, 0.2) is 0 Å². The van der Waals surface area contributed by atoms with E-state index in [4.69, 9.17) is 9.47 Å². The summed E-state index contributed by atoms with van der Waals surface area (Å²) in [6.07, 6.45) is 1.97. The Kier molecular flexibility index (Phi) is 3.71. The number of ether oxygens (including phenoxy) is 2. The highest BCUT2D eigenvalue weighted by molar-refractivity contribution is 5.66. The van der Waals surface area contributed by atoms with Gasteiger partial charge < -0.3 is 9.47 Å². The highest BCUT2D eigenvalue weighted by Crippen LogP contribution is 2.38. The summed E-state index contributed by atoms with van der Waals surface area (Å²) in [5.41, 5.74) is 0.633. The van der Waals surface area contributed by atoms with E-state index in [1.165, 1.54) is 12.5 Å². The van der Waals surface area contributed by atoms with Gasteiger partial charge in [-0.3, -0.25) is 4.79 Å². The number of carbonyl (C=O) groups excluding carboxylic acids is 1. The van der Waals surface area contributed by atoms with E-state index >= 15 is 0 Å². The molecular weight excluding hydrogens is 228 g/mol. The lowest BCUT2D eigenvalue weighted by molar-refractivity contribution is -0.168. The van der Waals surface area contributed by atoms with E-state index in [-0.39, 0.29) is 18.2 Å². The Balaban J connectivity index is 2.02. The second-order valence-electron chi connectivity index (χ2n) is 5.30. The molecule has 0 spiro atoms. The summed E-state index contributed by atoms with van der Waals surface area (Å²) >= 11 is 0. The van der Waals surface area contributed by atoms with Crippen LogP contribution in [-0.4, -0.2) is 17.7 Å². The number of rotatable bonds is 3. The zero-order valence-corrected chi connectivity index (χ0v) is 11.2. The smallest absolute Gasteiger partial charge is 0.303 e. The number of benzene rings is 1. The van der Waals surface area contributed by atoms with Gasteiger partial charge in [-0.15, -0.1) is 0 Å². The van der Waals surface area contributed by atoms with Gasteiger partial charge in [0.05, 0.1) is 12.2 Å². The third-order valence-electron chi connectivity index (χ3n) is 3.37. The molecule has 0 aliphatic carbocycles. The average molecular weight is 248 g/mol. The van der Waals surface area contributed by atoms with Crippen molar-refractivity contribution < 1.29 is 14.3 Å². The normalized spacial score (nSPS) is 23.9. The van der Waals surface area contributed by atoms with Crippen molar-refractivity contribution in [3.8, 4) is 0 Å². The minimum Gasteiger partial charge on any atom is -0.457 e. The van der Waals surface area contributed by atoms with E-state index in [1.807, 2.05) is 32.0 Å². The van der Waals surface area contributed by atoms with Gasteiger partial charge >= 0.3 is 5.97 Å². The van der Waals surface area contributed by atoms with E-state index in [0.717, 1.165) is 12.8 Å².